The fourth-order valence-corrected chi connectivity index (χ4v) is 2.99. The van der Waals surface area contributed by atoms with Gasteiger partial charge in [0.05, 0.1) is 16.8 Å². The summed E-state index contributed by atoms with van der Waals surface area (Å²) in [6.45, 7) is 1.15. The molecule has 0 bridgehead atoms. The molecule has 0 fully saturated rings. The number of rotatable bonds is 6. The number of aromatic amines is 1. The van der Waals surface area contributed by atoms with Gasteiger partial charge in [0.15, 0.2) is 0 Å². The minimum atomic E-state index is -4.40. The van der Waals surface area contributed by atoms with Crippen molar-refractivity contribution in [2.45, 2.75) is 6.18 Å². The van der Waals surface area contributed by atoms with Crippen molar-refractivity contribution in [2.75, 3.05) is 32.9 Å². The predicted octanol–water partition coefficient (Wildman–Crippen LogP) is 4.24. The number of nitrogens with two attached hydrogens (primary N) is 1. The molecule has 0 radical (unpaired) electrons. The number of likely N-dealkylation sites (N-methyl/N-ethyl adjacent to an activating group) is 1. The summed E-state index contributed by atoms with van der Waals surface area (Å²) in [6.07, 6.45) is -4.40. The maximum Gasteiger partial charge on any atom is 0.416 e. The molecule has 0 saturated heterocycles. The van der Waals surface area contributed by atoms with E-state index < -0.39 is 11.7 Å². The van der Waals surface area contributed by atoms with Crippen LogP contribution in [0, 0.1) is 0 Å². The van der Waals surface area contributed by atoms with Crippen LogP contribution in [0.15, 0.2) is 54.6 Å². The lowest BCUT2D eigenvalue weighted by atomic mass is 10.1. The lowest BCUT2D eigenvalue weighted by molar-refractivity contribution is -0.137. The molecular weight excluding hydrogens is 393 g/mol. The molecule has 1 amide bonds. The first-order valence-corrected chi connectivity index (χ1v) is 9.34. The summed E-state index contributed by atoms with van der Waals surface area (Å²) >= 11 is 0. The van der Waals surface area contributed by atoms with Gasteiger partial charge in [-0.05, 0) is 55.6 Å². The summed E-state index contributed by atoms with van der Waals surface area (Å²) in [6, 6.07) is 13.5. The van der Waals surface area contributed by atoms with Gasteiger partial charge in [-0.15, -0.1) is 0 Å². The Bertz CT molecular complexity index is 1010. The molecule has 1 heterocycles. The first-order chi connectivity index (χ1) is 14.1. The van der Waals surface area contributed by atoms with Gasteiger partial charge in [0, 0.05) is 24.5 Å². The number of alkyl halides is 3. The van der Waals surface area contributed by atoms with Crippen molar-refractivity contribution in [3.8, 4) is 22.5 Å². The van der Waals surface area contributed by atoms with Crippen LogP contribution in [0.2, 0.25) is 0 Å². The van der Waals surface area contributed by atoms with Crippen LogP contribution in [0.1, 0.15) is 15.9 Å². The van der Waals surface area contributed by atoms with E-state index in [9.17, 15) is 18.0 Å². The zero-order valence-corrected chi connectivity index (χ0v) is 16.7. The van der Waals surface area contributed by atoms with Crippen molar-refractivity contribution >= 4 is 11.6 Å². The average molecular weight is 416 g/mol. The molecule has 0 aliphatic heterocycles. The normalized spacial score (nSPS) is 11.7. The number of amides is 1. The number of carbonyl (C=O) groups excluding carboxylic acids is 1. The van der Waals surface area contributed by atoms with Gasteiger partial charge in [0.1, 0.15) is 0 Å². The van der Waals surface area contributed by atoms with E-state index in [-0.39, 0.29) is 5.91 Å². The predicted molar refractivity (Wildman–Crippen MR) is 112 cm³/mol. The minimum absolute atomic E-state index is 0.266. The number of nitrogen functional groups attached to an aromatic ring is 1. The van der Waals surface area contributed by atoms with Gasteiger partial charge in [0.25, 0.3) is 5.91 Å². The molecular formula is C22H23F3N4O. The largest absolute Gasteiger partial charge is 0.416 e. The molecule has 5 nitrogen and oxygen atoms in total. The minimum Gasteiger partial charge on any atom is -0.399 e. The Labute approximate surface area is 172 Å². The van der Waals surface area contributed by atoms with Crippen LogP contribution >= 0.6 is 0 Å². The van der Waals surface area contributed by atoms with Crippen molar-refractivity contribution in [3.63, 3.8) is 0 Å². The van der Waals surface area contributed by atoms with Crippen molar-refractivity contribution in [1.82, 2.24) is 15.2 Å². The molecule has 3 aromatic rings. The molecule has 0 saturated carbocycles. The van der Waals surface area contributed by atoms with Crippen molar-refractivity contribution < 1.29 is 18.0 Å². The van der Waals surface area contributed by atoms with E-state index in [1.54, 1.807) is 30.3 Å². The van der Waals surface area contributed by atoms with Crippen LogP contribution in [0.3, 0.4) is 0 Å². The molecule has 8 heteroatoms. The van der Waals surface area contributed by atoms with E-state index in [4.69, 9.17) is 5.73 Å². The highest BCUT2D eigenvalue weighted by atomic mass is 19.4. The fraction of sp³-hybridized carbons (Fsp3) is 0.227. The zero-order valence-electron chi connectivity index (χ0n) is 16.7. The number of halogens is 3. The Morgan fingerprint density at radius 2 is 1.63 bits per heavy atom. The van der Waals surface area contributed by atoms with Crippen LogP contribution in [0.4, 0.5) is 18.9 Å². The average Bonchev–Trinajstić information content (AvgIpc) is 3.13. The Morgan fingerprint density at radius 1 is 1.03 bits per heavy atom. The number of nitrogens with one attached hydrogen (secondary N) is 2. The van der Waals surface area contributed by atoms with Crippen molar-refractivity contribution in [3.05, 3.63) is 65.7 Å². The van der Waals surface area contributed by atoms with Crippen LogP contribution in [-0.2, 0) is 6.18 Å². The number of nitrogens with zero attached hydrogens (tertiary/aromatic N) is 1. The monoisotopic (exact) mass is 416 g/mol. The Kier molecular flexibility index (Phi) is 6.17. The van der Waals surface area contributed by atoms with Gasteiger partial charge >= 0.3 is 6.18 Å². The third-order valence-corrected chi connectivity index (χ3v) is 4.63. The van der Waals surface area contributed by atoms with E-state index in [1.165, 1.54) is 12.1 Å². The first kappa shape index (κ1) is 21.4. The summed E-state index contributed by atoms with van der Waals surface area (Å²) in [5.74, 6) is -0.266. The number of H-pyrrole nitrogens is 1. The molecule has 4 N–H and O–H groups in total. The maximum atomic E-state index is 12.9. The highest BCUT2D eigenvalue weighted by molar-refractivity contribution is 6.01. The molecule has 1 aromatic heterocycles. The zero-order chi connectivity index (χ0) is 21.9. The Hall–Kier alpha value is -3.26. The highest BCUT2D eigenvalue weighted by Gasteiger charge is 2.30. The third kappa shape index (κ3) is 5.01. The lowest BCUT2D eigenvalue weighted by Gasteiger charge is -2.10. The van der Waals surface area contributed by atoms with Crippen LogP contribution in [0.25, 0.3) is 22.5 Å². The molecule has 0 aliphatic rings. The summed E-state index contributed by atoms with van der Waals surface area (Å²) in [5, 5.41) is 2.87. The Balaban J connectivity index is 1.97. The Morgan fingerprint density at radius 3 is 2.20 bits per heavy atom. The van der Waals surface area contributed by atoms with E-state index in [1.807, 2.05) is 19.0 Å². The molecule has 0 aliphatic carbocycles. The van der Waals surface area contributed by atoms with E-state index in [2.05, 4.69) is 10.3 Å². The smallest absolute Gasteiger partial charge is 0.399 e. The molecule has 0 spiro atoms. The number of hydrogen-bond donors (Lipinski definition) is 3. The summed E-state index contributed by atoms with van der Waals surface area (Å²) in [4.78, 5) is 17.9. The van der Waals surface area contributed by atoms with Crippen LogP contribution in [0.5, 0.6) is 0 Å². The third-order valence-electron chi connectivity index (χ3n) is 4.63. The SMILES string of the molecule is CN(C)CCNC(=O)c1cc(-c2ccc(C(F)(F)F)cc2)[nH]c1-c1ccc(N)cc1. The highest BCUT2D eigenvalue weighted by Crippen LogP contribution is 2.33. The second-order valence-electron chi connectivity index (χ2n) is 7.23. The fourth-order valence-electron chi connectivity index (χ4n) is 2.99. The number of carbonyl (C=O) groups is 1. The summed E-state index contributed by atoms with van der Waals surface area (Å²) in [7, 11) is 3.82. The van der Waals surface area contributed by atoms with E-state index in [0.717, 1.165) is 17.7 Å². The molecule has 2 aromatic carbocycles. The quantitative estimate of drug-likeness (QED) is 0.526. The van der Waals surface area contributed by atoms with Crippen molar-refractivity contribution in [2.24, 2.45) is 0 Å². The van der Waals surface area contributed by atoms with Crippen LogP contribution in [-0.4, -0.2) is 43.0 Å². The summed E-state index contributed by atoms with van der Waals surface area (Å²) in [5.41, 5.74) is 8.45. The van der Waals surface area contributed by atoms with Gasteiger partial charge in [-0.3, -0.25) is 4.79 Å². The number of anilines is 1. The van der Waals surface area contributed by atoms with Crippen LogP contribution < -0.4 is 11.1 Å². The molecule has 158 valence electrons. The number of benzene rings is 2. The molecule has 0 unspecified atom stereocenters. The van der Waals surface area contributed by atoms with Gasteiger partial charge in [0.2, 0.25) is 0 Å². The topological polar surface area (TPSA) is 74.2 Å². The van der Waals surface area contributed by atoms with E-state index >= 15 is 0 Å². The lowest BCUT2D eigenvalue weighted by Crippen LogP contribution is -2.31. The molecule has 30 heavy (non-hydrogen) atoms. The number of aromatic nitrogens is 1. The summed E-state index contributed by atoms with van der Waals surface area (Å²) < 4.78 is 38.6. The van der Waals surface area contributed by atoms with E-state index in [0.29, 0.717) is 41.3 Å². The van der Waals surface area contributed by atoms with Gasteiger partial charge < -0.3 is 20.9 Å². The standard InChI is InChI=1S/C22H23F3N4O/c1-29(2)12-11-27-21(30)18-13-19(14-3-7-16(8-4-14)22(23,24)25)28-20(18)15-5-9-17(26)10-6-15/h3-10,13,28H,11-12,26H2,1-2H3,(H,27,30). The van der Waals surface area contributed by atoms with Gasteiger partial charge in [-0.1, -0.05) is 24.3 Å². The second-order valence-corrected chi connectivity index (χ2v) is 7.23. The molecule has 3 rings (SSSR count). The second kappa shape index (κ2) is 8.62. The first-order valence-electron chi connectivity index (χ1n) is 9.34. The van der Waals surface area contributed by atoms with Crippen molar-refractivity contribution in [1.29, 1.82) is 0 Å². The number of hydrogen-bond acceptors (Lipinski definition) is 3. The van der Waals surface area contributed by atoms with Gasteiger partial charge in [-0.25, -0.2) is 0 Å². The van der Waals surface area contributed by atoms with Gasteiger partial charge in [-0.2, -0.15) is 13.2 Å². The molecule has 0 atom stereocenters. The maximum absolute atomic E-state index is 12.9.